The summed E-state index contributed by atoms with van der Waals surface area (Å²) in [6, 6.07) is 3.85. The van der Waals surface area contributed by atoms with Gasteiger partial charge >= 0.3 is 0 Å². The standard InChI is InChI=1S/C14H19BrFN3O2/c1-14(2,8-17)19-12(20)5-6-18-13(21)10-7-9(16)3-4-11(10)15/h3-4,7H,5-6,8,17H2,1-2H3,(H,18,21)(H,19,20). The maximum atomic E-state index is 13.1. The van der Waals surface area contributed by atoms with Crippen LogP contribution in [0.15, 0.2) is 22.7 Å². The molecule has 4 N–H and O–H groups in total. The zero-order valence-electron chi connectivity index (χ0n) is 12.0. The van der Waals surface area contributed by atoms with Gasteiger partial charge in [0.1, 0.15) is 5.82 Å². The third-order valence-electron chi connectivity index (χ3n) is 2.80. The highest BCUT2D eigenvalue weighted by atomic mass is 79.9. The molecule has 21 heavy (non-hydrogen) atoms. The van der Waals surface area contributed by atoms with Crippen molar-refractivity contribution in [1.82, 2.24) is 10.6 Å². The molecule has 116 valence electrons. The van der Waals surface area contributed by atoms with E-state index in [1.165, 1.54) is 12.1 Å². The number of hydrogen-bond acceptors (Lipinski definition) is 3. The van der Waals surface area contributed by atoms with E-state index < -0.39 is 17.3 Å². The van der Waals surface area contributed by atoms with E-state index >= 15 is 0 Å². The predicted molar refractivity (Wildman–Crippen MR) is 82.3 cm³/mol. The predicted octanol–water partition coefficient (Wildman–Crippen LogP) is 1.56. The molecule has 0 aromatic heterocycles. The SMILES string of the molecule is CC(C)(CN)NC(=O)CCNC(=O)c1cc(F)ccc1Br. The molecule has 0 radical (unpaired) electrons. The van der Waals surface area contributed by atoms with Crippen molar-refractivity contribution in [2.75, 3.05) is 13.1 Å². The number of hydrogen-bond donors (Lipinski definition) is 3. The van der Waals surface area contributed by atoms with Crippen molar-refractivity contribution in [3.8, 4) is 0 Å². The molecule has 0 saturated carbocycles. The van der Waals surface area contributed by atoms with Crippen molar-refractivity contribution in [2.24, 2.45) is 5.73 Å². The molecule has 0 unspecified atom stereocenters. The number of nitrogens with two attached hydrogens (primary N) is 1. The van der Waals surface area contributed by atoms with Gasteiger partial charge in [0.2, 0.25) is 5.91 Å². The monoisotopic (exact) mass is 359 g/mol. The first-order valence-electron chi connectivity index (χ1n) is 6.49. The van der Waals surface area contributed by atoms with Crippen molar-refractivity contribution >= 4 is 27.7 Å². The van der Waals surface area contributed by atoms with Gasteiger partial charge in [0.15, 0.2) is 0 Å². The van der Waals surface area contributed by atoms with E-state index in [2.05, 4.69) is 26.6 Å². The molecule has 0 aliphatic heterocycles. The van der Waals surface area contributed by atoms with Crippen LogP contribution in [0, 0.1) is 5.82 Å². The minimum Gasteiger partial charge on any atom is -0.351 e. The summed E-state index contributed by atoms with van der Waals surface area (Å²) in [6.45, 7) is 4.11. The average Bonchev–Trinajstić information content (AvgIpc) is 2.40. The van der Waals surface area contributed by atoms with Crippen molar-refractivity contribution in [3.63, 3.8) is 0 Å². The lowest BCUT2D eigenvalue weighted by Gasteiger charge is -2.24. The van der Waals surface area contributed by atoms with Gasteiger partial charge in [-0.2, -0.15) is 0 Å². The van der Waals surface area contributed by atoms with Crippen LogP contribution in [0.2, 0.25) is 0 Å². The number of rotatable bonds is 6. The first-order chi connectivity index (χ1) is 9.75. The maximum Gasteiger partial charge on any atom is 0.252 e. The number of halogens is 2. The lowest BCUT2D eigenvalue weighted by atomic mass is 10.1. The van der Waals surface area contributed by atoms with Crippen LogP contribution in [0.4, 0.5) is 4.39 Å². The molecule has 0 atom stereocenters. The van der Waals surface area contributed by atoms with Gasteiger partial charge in [-0.25, -0.2) is 4.39 Å². The van der Waals surface area contributed by atoms with E-state index in [0.29, 0.717) is 11.0 Å². The fourth-order valence-electron chi connectivity index (χ4n) is 1.55. The maximum absolute atomic E-state index is 13.1. The number of nitrogens with one attached hydrogen (secondary N) is 2. The molecule has 5 nitrogen and oxygen atoms in total. The fourth-order valence-corrected chi connectivity index (χ4v) is 1.97. The second-order valence-corrected chi connectivity index (χ2v) is 6.12. The van der Waals surface area contributed by atoms with Crippen LogP contribution in [-0.2, 0) is 4.79 Å². The Bertz CT molecular complexity index is 535. The normalized spacial score (nSPS) is 11.1. The minimum absolute atomic E-state index is 0.127. The lowest BCUT2D eigenvalue weighted by Crippen LogP contribution is -2.49. The van der Waals surface area contributed by atoms with E-state index in [4.69, 9.17) is 5.73 Å². The lowest BCUT2D eigenvalue weighted by molar-refractivity contribution is -0.122. The number of carbonyl (C=O) groups is 2. The quantitative estimate of drug-likeness (QED) is 0.720. The molecule has 0 fully saturated rings. The molecular weight excluding hydrogens is 341 g/mol. The summed E-state index contributed by atoms with van der Waals surface area (Å²) in [5, 5.41) is 5.33. The molecular formula is C14H19BrFN3O2. The van der Waals surface area contributed by atoms with Crippen LogP contribution in [0.3, 0.4) is 0 Å². The van der Waals surface area contributed by atoms with Crippen molar-refractivity contribution in [2.45, 2.75) is 25.8 Å². The molecule has 0 aliphatic carbocycles. The molecule has 1 aromatic carbocycles. The summed E-state index contributed by atoms with van der Waals surface area (Å²) < 4.78 is 13.6. The van der Waals surface area contributed by atoms with Crippen molar-refractivity contribution in [3.05, 3.63) is 34.1 Å². The van der Waals surface area contributed by atoms with Gasteiger partial charge in [-0.15, -0.1) is 0 Å². The Morgan fingerprint density at radius 2 is 2.05 bits per heavy atom. The first kappa shape index (κ1) is 17.6. The van der Waals surface area contributed by atoms with Gasteiger partial charge in [0, 0.05) is 29.5 Å². The van der Waals surface area contributed by atoms with Gasteiger partial charge in [-0.3, -0.25) is 9.59 Å². The largest absolute Gasteiger partial charge is 0.351 e. The van der Waals surface area contributed by atoms with Gasteiger partial charge in [-0.05, 0) is 48.0 Å². The van der Waals surface area contributed by atoms with Crippen LogP contribution >= 0.6 is 15.9 Å². The number of benzene rings is 1. The van der Waals surface area contributed by atoms with Crippen LogP contribution in [0.1, 0.15) is 30.6 Å². The average molecular weight is 360 g/mol. The second-order valence-electron chi connectivity index (χ2n) is 5.27. The first-order valence-corrected chi connectivity index (χ1v) is 7.29. The zero-order chi connectivity index (χ0) is 16.0. The van der Waals surface area contributed by atoms with E-state index in [0.717, 1.165) is 6.07 Å². The van der Waals surface area contributed by atoms with Gasteiger partial charge in [0.05, 0.1) is 5.56 Å². The van der Waals surface area contributed by atoms with Crippen molar-refractivity contribution in [1.29, 1.82) is 0 Å². The Morgan fingerprint density at radius 3 is 2.67 bits per heavy atom. The van der Waals surface area contributed by atoms with E-state index in [9.17, 15) is 14.0 Å². The molecule has 0 heterocycles. The summed E-state index contributed by atoms with van der Waals surface area (Å²) in [4.78, 5) is 23.6. The molecule has 1 rings (SSSR count). The van der Waals surface area contributed by atoms with E-state index in [1.807, 2.05) is 13.8 Å². The smallest absolute Gasteiger partial charge is 0.252 e. The van der Waals surface area contributed by atoms with E-state index in [1.54, 1.807) is 0 Å². The summed E-state index contributed by atoms with van der Waals surface area (Å²) in [6.07, 6.45) is 0.127. The number of carbonyl (C=O) groups excluding carboxylic acids is 2. The van der Waals surface area contributed by atoms with Crippen LogP contribution in [0.5, 0.6) is 0 Å². The second kappa shape index (κ2) is 7.51. The summed E-state index contributed by atoms with van der Waals surface area (Å²) in [5.74, 6) is -1.14. The molecule has 1 aromatic rings. The van der Waals surface area contributed by atoms with Crippen LogP contribution in [-0.4, -0.2) is 30.4 Å². The topological polar surface area (TPSA) is 84.2 Å². The molecule has 0 spiro atoms. The number of amides is 2. The highest BCUT2D eigenvalue weighted by Gasteiger charge is 2.18. The van der Waals surface area contributed by atoms with E-state index in [-0.39, 0.29) is 24.4 Å². The molecule has 0 saturated heterocycles. The molecule has 0 aliphatic rings. The third kappa shape index (κ3) is 5.81. The Labute approximate surface area is 131 Å². The van der Waals surface area contributed by atoms with Gasteiger partial charge < -0.3 is 16.4 Å². The Kier molecular flexibility index (Phi) is 6.29. The molecule has 7 heteroatoms. The zero-order valence-corrected chi connectivity index (χ0v) is 13.6. The van der Waals surface area contributed by atoms with Gasteiger partial charge in [0.25, 0.3) is 5.91 Å². The van der Waals surface area contributed by atoms with Crippen LogP contribution < -0.4 is 16.4 Å². The van der Waals surface area contributed by atoms with Crippen molar-refractivity contribution < 1.29 is 14.0 Å². The summed E-state index contributed by atoms with van der Waals surface area (Å²) in [5.41, 5.74) is 5.23. The third-order valence-corrected chi connectivity index (χ3v) is 3.49. The van der Waals surface area contributed by atoms with Gasteiger partial charge in [-0.1, -0.05) is 0 Å². The highest BCUT2D eigenvalue weighted by Crippen LogP contribution is 2.17. The fraction of sp³-hybridized carbons (Fsp3) is 0.429. The highest BCUT2D eigenvalue weighted by molar-refractivity contribution is 9.10. The Morgan fingerprint density at radius 1 is 1.38 bits per heavy atom. The summed E-state index contributed by atoms with van der Waals surface area (Å²) >= 11 is 3.18. The Hall–Kier alpha value is -1.47. The minimum atomic E-state index is -0.495. The summed E-state index contributed by atoms with van der Waals surface area (Å²) in [7, 11) is 0. The molecule has 2 amide bonds. The molecule has 0 bridgehead atoms. The Balaban J connectivity index is 2.47. The van der Waals surface area contributed by atoms with Crippen LogP contribution in [0.25, 0.3) is 0 Å².